The molecule has 3 rings (SSSR count). The van der Waals surface area contributed by atoms with Crippen molar-refractivity contribution in [2.24, 2.45) is 0 Å². The van der Waals surface area contributed by atoms with E-state index >= 15 is 0 Å². The van der Waals surface area contributed by atoms with Crippen LogP contribution in [0.25, 0.3) is 10.9 Å². The quantitative estimate of drug-likeness (QED) is 0.450. The molecule has 1 heterocycles. The predicted octanol–water partition coefficient (Wildman–Crippen LogP) is 2.91. The second kappa shape index (κ2) is 9.44. The number of anilines is 1. The normalized spacial score (nSPS) is 10.6. The number of benzene rings is 2. The topological polar surface area (TPSA) is 113 Å². The number of ether oxygens (including phenoxy) is 1. The molecule has 0 radical (unpaired) electrons. The van der Waals surface area contributed by atoms with Crippen LogP contribution < -0.4 is 10.6 Å². The van der Waals surface area contributed by atoms with E-state index in [-0.39, 0.29) is 28.8 Å². The molecule has 3 N–H and O–H groups in total. The second-order valence-electron chi connectivity index (χ2n) is 6.08. The fourth-order valence-corrected chi connectivity index (χ4v) is 3.06. The summed E-state index contributed by atoms with van der Waals surface area (Å²) in [6, 6.07) is 8.68. The van der Waals surface area contributed by atoms with Crippen LogP contribution in [-0.2, 0) is 14.3 Å². The van der Waals surface area contributed by atoms with E-state index in [0.29, 0.717) is 17.0 Å². The van der Waals surface area contributed by atoms with E-state index in [0.717, 1.165) is 6.07 Å². The minimum absolute atomic E-state index is 0.00767. The number of para-hydroxylation sites is 1. The smallest absolute Gasteiger partial charge is 0.308 e. The molecule has 0 aliphatic carbocycles. The summed E-state index contributed by atoms with van der Waals surface area (Å²) in [4.78, 5) is 35.7. The Bertz CT molecular complexity index is 1100. The van der Waals surface area contributed by atoms with Gasteiger partial charge in [-0.15, -0.1) is 0 Å². The van der Waals surface area contributed by atoms with Crippen LogP contribution in [0, 0.1) is 11.6 Å². The molecule has 11 heteroatoms. The summed E-state index contributed by atoms with van der Waals surface area (Å²) in [5.74, 6) is -3.80. The molecule has 2 amide bonds. The van der Waals surface area contributed by atoms with E-state index in [9.17, 15) is 23.2 Å². The largest absolute Gasteiger partial charge is 0.456 e. The number of hydrogen-bond donors (Lipinski definition) is 3. The van der Waals surface area contributed by atoms with Crippen LogP contribution in [-0.4, -0.2) is 41.1 Å². The summed E-state index contributed by atoms with van der Waals surface area (Å²) in [6.45, 7) is -0.696. The fraction of sp³-hybridized carbons (Fsp3) is 0.158. The highest BCUT2D eigenvalue weighted by molar-refractivity contribution is 9.10. The summed E-state index contributed by atoms with van der Waals surface area (Å²) in [7, 11) is 0. The van der Waals surface area contributed by atoms with E-state index in [1.54, 1.807) is 24.3 Å². The molecule has 0 saturated carbocycles. The van der Waals surface area contributed by atoms with Crippen molar-refractivity contribution in [2.45, 2.75) is 6.42 Å². The Hall–Kier alpha value is -3.34. The zero-order valence-electron chi connectivity index (χ0n) is 15.3. The Morgan fingerprint density at radius 1 is 1.17 bits per heavy atom. The lowest BCUT2D eigenvalue weighted by Gasteiger charge is -2.09. The van der Waals surface area contributed by atoms with Gasteiger partial charge in [-0.1, -0.05) is 18.2 Å². The van der Waals surface area contributed by atoms with Crippen molar-refractivity contribution in [1.29, 1.82) is 0 Å². The average molecular weight is 481 g/mol. The Morgan fingerprint density at radius 3 is 2.70 bits per heavy atom. The summed E-state index contributed by atoms with van der Waals surface area (Å²) in [6.07, 6.45) is -0.185. The number of rotatable bonds is 7. The molecule has 0 saturated heterocycles. The third-order valence-corrected chi connectivity index (χ3v) is 4.56. The zero-order valence-corrected chi connectivity index (χ0v) is 16.9. The van der Waals surface area contributed by atoms with Crippen molar-refractivity contribution < 1.29 is 27.9 Å². The molecular weight excluding hydrogens is 466 g/mol. The number of hydrogen-bond acceptors (Lipinski definition) is 5. The molecular formula is C19H15BrF2N4O4. The average Bonchev–Trinajstić information content (AvgIpc) is 3.13. The monoisotopic (exact) mass is 480 g/mol. The van der Waals surface area contributed by atoms with E-state index in [4.69, 9.17) is 4.74 Å². The van der Waals surface area contributed by atoms with Crippen molar-refractivity contribution in [2.75, 3.05) is 18.5 Å². The van der Waals surface area contributed by atoms with Crippen LogP contribution in [0.1, 0.15) is 16.9 Å². The Balaban J connectivity index is 1.43. The molecule has 0 fully saturated rings. The van der Waals surface area contributed by atoms with Crippen molar-refractivity contribution >= 4 is 50.3 Å². The van der Waals surface area contributed by atoms with Gasteiger partial charge in [0.05, 0.1) is 17.6 Å². The number of nitrogens with zero attached hydrogens (tertiary/aromatic N) is 1. The van der Waals surface area contributed by atoms with Gasteiger partial charge in [-0.3, -0.25) is 19.5 Å². The van der Waals surface area contributed by atoms with Crippen LogP contribution in [0.5, 0.6) is 0 Å². The number of fused-ring (bicyclic) bond motifs is 1. The lowest BCUT2D eigenvalue weighted by atomic mass is 10.2. The maximum atomic E-state index is 13.7. The van der Waals surface area contributed by atoms with Gasteiger partial charge in [-0.2, -0.15) is 5.10 Å². The van der Waals surface area contributed by atoms with Gasteiger partial charge in [-0.05, 0) is 28.1 Å². The van der Waals surface area contributed by atoms with E-state index < -0.39 is 36.0 Å². The van der Waals surface area contributed by atoms with Gasteiger partial charge in [0.25, 0.3) is 11.8 Å². The molecule has 2 aromatic carbocycles. The number of carbonyl (C=O) groups excluding carboxylic acids is 3. The first-order valence-electron chi connectivity index (χ1n) is 8.66. The molecule has 3 aromatic rings. The van der Waals surface area contributed by atoms with E-state index in [1.165, 1.54) is 0 Å². The summed E-state index contributed by atoms with van der Waals surface area (Å²) >= 11 is 2.94. The van der Waals surface area contributed by atoms with Crippen molar-refractivity contribution in [3.8, 4) is 0 Å². The molecule has 8 nitrogen and oxygen atoms in total. The van der Waals surface area contributed by atoms with Crippen molar-refractivity contribution in [3.63, 3.8) is 0 Å². The van der Waals surface area contributed by atoms with Crippen molar-refractivity contribution in [3.05, 3.63) is 58.2 Å². The van der Waals surface area contributed by atoms with Gasteiger partial charge >= 0.3 is 5.97 Å². The molecule has 1 aromatic heterocycles. The summed E-state index contributed by atoms with van der Waals surface area (Å²) in [5, 5.41) is 12.1. The van der Waals surface area contributed by atoms with Gasteiger partial charge in [-0.25, -0.2) is 8.78 Å². The number of nitrogens with one attached hydrogen (secondary N) is 3. The lowest BCUT2D eigenvalue weighted by molar-refractivity contribution is -0.147. The van der Waals surface area contributed by atoms with E-state index in [1.807, 2.05) is 0 Å². The van der Waals surface area contributed by atoms with Crippen LogP contribution in [0.2, 0.25) is 0 Å². The lowest BCUT2D eigenvalue weighted by Crippen LogP contribution is -2.28. The first kappa shape index (κ1) is 21.4. The molecule has 30 heavy (non-hydrogen) atoms. The van der Waals surface area contributed by atoms with Crippen molar-refractivity contribution in [1.82, 2.24) is 15.5 Å². The van der Waals surface area contributed by atoms with Crippen LogP contribution in [0.15, 0.2) is 40.9 Å². The Kier molecular flexibility index (Phi) is 6.72. The SMILES string of the molecule is O=C(COC(=O)CCNC(=O)c1n[nH]c2ccccc12)Nc1c(F)cc(F)cc1Br. The van der Waals surface area contributed by atoms with Gasteiger partial charge in [0, 0.05) is 22.5 Å². The van der Waals surface area contributed by atoms with Crippen LogP contribution >= 0.6 is 15.9 Å². The number of carbonyl (C=O) groups is 3. The third-order valence-electron chi connectivity index (χ3n) is 3.94. The highest BCUT2D eigenvalue weighted by Crippen LogP contribution is 2.26. The second-order valence-corrected chi connectivity index (χ2v) is 6.93. The number of amides is 2. The number of halogens is 3. The highest BCUT2D eigenvalue weighted by Gasteiger charge is 2.16. The van der Waals surface area contributed by atoms with E-state index in [2.05, 4.69) is 36.8 Å². The standard InChI is InChI=1S/C19H15BrF2N4O4/c20-12-7-10(21)8-13(22)18(12)24-15(27)9-30-16(28)5-6-23-19(29)17-11-3-1-2-4-14(11)25-26-17/h1-4,7-8H,5-6,9H2,(H,23,29)(H,24,27)(H,25,26). The Labute approximate surface area is 177 Å². The molecule has 0 atom stereocenters. The summed E-state index contributed by atoms with van der Waals surface area (Å²) in [5.41, 5.74) is 0.637. The minimum Gasteiger partial charge on any atom is -0.456 e. The maximum absolute atomic E-state index is 13.7. The molecule has 156 valence electrons. The van der Waals surface area contributed by atoms with Gasteiger partial charge in [0.15, 0.2) is 18.1 Å². The maximum Gasteiger partial charge on any atom is 0.308 e. The number of H-pyrrole nitrogens is 1. The number of esters is 1. The van der Waals surface area contributed by atoms with Crippen LogP contribution in [0.4, 0.5) is 14.5 Å². The molecule has 0 bridgehead atoms. The third kappa shape index (κ3) is 5.17. The zero-order chi connectivity index (χ0) is 21.7. The fourth-order valence-electron chi connectivity index (χ4n) is 2.55. The first-order valence-corrected chi connectivity index (χ1v) is 9.46. The number of aromatic nitrogens is 2. The number of aromatic amines is 1. The van der Waals surface area contributed by atoms with Gasteiger partial charge in [0.1, 0.15) is 5.82 Å². The highest BCUT2D eigenvalue weighted by atomic mass is 79.9. The van der Waals surface area contributed by atoms with Gasteiger partial charge in [0.2, 0.25) is 0 Å². The molecule has 0 aliphatic rings. The molecule has 0 unspecified atom stereocenters. The predicted molar refractivity (Wildman–Crippen MR) is 107 cm³/mol. The Morgan fingerprint density at radius 2 is 1.93 bits per heavy atom. The molecule has 0 aliphatic heterocycles. The first-order chi connectivity index (χ1) is 14.3. The van der Waals surface area contributed by atoms with Gasteiger partial charge < -0.3 is 15.4 Å². The summed E-state index contributed by atoms with van der Waals surface area (Å²) < 4.78 is 31.5. The van der Waals surface area contributed by atoms with Crippen LogP contribution in [0.3, 0.4) is 0 Å². The minimum atomic E-state index is -0.977. The molecule has 0 spiro atoms.